The van der Waals surface area contributed by atoms with E-state index in [1.807, 2.05) is 18.2 Å². The summed E-state index contributed by atoms with van der Waals surface area (Å²) >= 11 is 0.181. The van der Waals surface area contributed by atoms with E-state index in [4.69, 9.17) is 0 Å². The van der Waals surface area contributed by atoms with Crippen molar-refractivity contribution in [1.29, 1.82) is 0 Å². The average Bonchev–Trinajstić information content (AvgIpc) is 2.25. The van der Waals surface area contributed by atoms with Crippen molar-refractivity contribution in [3.63, 3.8) is 0 Å². The zero-order valence-electron chi connectivity index (χ0n) is 8.54. The van der Waals surface area contributed by atoms with Crippen LogP contribution < -0.4 is 4.46 Å². The molecule has 1 aromatic carbocycles. The molecule has 1 saturated carbocycles. The summed E-state index contributed by atoms with van der Waals surface area (Å²) in [4.78, 5) is 0.0775. The Bertz CT molecular complexity index is 292. The summed E-state index contributed by atoms with van der Waals surface area (Å²) in [6.45, 7) is 0. The molecule has 1 aliphatic rings. The van der Waals surface area contributed by atoms with Gasteiger partial charge in [0, 0.05) is 0 Å². The van der Waals surface area contributed by atoms with E-state index in [1.54, 1.807) is 0 Å². The molecule has 0 unspecified atom stereocenters. The first-order valence-corrected chi connectivity index (χ1v) is 7.20. The minimum atomic E-state index is -0.311. The molecule has 0 spiro atoms. The standard InChI is InChI=1S/C12H16O2Se/c13-10-7-4-8-11(14)12(10)15-9-5-2-1-3-6-9/h1-3,5-6,10-14H,4,7-8H2/t10-,11-/m1/s1. The Balaban J connectivity index is 2.03. The summed E-state index contributed by atoms with van der Waals surface area (Å²) in [5.41, 5.74) is 0. The summed E-state index contributed by atoms with van der Waals surface area (Å²) in [5.74, 6) is 0. The molecular formula is C12H16O2Se. The van der Waals surface area contributed by atoms with E-state index in [2.05, 4.69) is 12.1 Å². The maximum absolute atomic E-state index is 9.86. The number of rotatable bonds is 2. The second-order valence-electron chi connectivity index (χ2n) is 3.96. The van der Waals surface area contributed by atoms with Gasteiger partial charge in [0.25, 0.3) is 0 Å². The number of aliphatic hydroxyl groups excluding tert-OH is 2. The molecule has 15 heavy (non-hydrogen) atoms. The second-order valence-corrected chi connectivity index (χ2v) is 6.59. The SMILES string of the molecule is O[C@@H]1CCC[C@@H](O)C1[Se]c1ccccc1. The summed E-state index contributed by atoms with van der Waals surface area (Å²) in [6.07, 6.45) is 2.01. The molecule has 82 valence electrons. The van der Waals surface area contributed by atoms with Crippen LogP contribution in [0.4, 0.5) is 0 Å². The van der Waals surface area contributed by atoms with Crippen LogP contribution in [0.15, 0.2) is 30.3 Å². The molecule has 0 aliphatic heterocycles. The maximum atomic E-state index is 9.86. The third kappa shape index (κ3) is 2.82. The Hall–Kier alpha value is -0.341. The first-order valence-electron chi connectivity index (χ1n) is 5.35. The summed E-state index contributed by atoms with van der Waals surface area (Å²) in [5, 5.41) is 19.7. The Morgan fingerprint density at radius 3 is 2.20 bits per heavy atom. The molecule has 1 aromatic rings. The van der Waals surface area contributed by atoms with Crippen molar-refractivity contribution >= 4 is 19.4 Å². The van der Waals surface area contributed by atoms with E-state index in [9.17, 15) is 10.2 Å². The molecule has 0 saturated heterocycles. The van der Waals surface area contributed by atoms with Crippen LogP contribution in [-0.2, 0) is 0 Å². The van der Waals surface area contributed by atoms with Gasteiger partial charge in [0.15, 0.2) is 0 Å². The average molecular weight is 271 g/mol. The summed E-state index contributed by atoms with van der Waals surface area (Å²) < 4.78 is 1.26. The fraction of sp³-hybridized carbons (Fsp3) is 0.500. The van der Waals surface area contributed by atoms with E-state index in [0.717, 1.165) is 19.3 Å². The predicted octanol–water partition coefficient (Wildman–Crippen LogP) is 0.710. The number of aliphatic hydroxyl groups is 2. The fourth-order valence-electron chi connectivity index (χ4n) is 1.93. The van der Waals surface area contributed by atoms with Gasteiger partial charge in [-0.1, -0.05) is 0 Å². The van der Waals surface area contributed by atoms with E-state index < -0.39 is 0 Å². The molecule has 2 rings (SSSR count). The molecular weight excluding hydrogens is 255 g/mol. The van der Waals surface area contributed by atoms with Crippen molar-refractivity contribution in [2.24, 2.45) is 0 Å². The van der Waals surface area contributed by atoms with Gasteiger partial charge in [0.2, 0.25) is 0 Å². The molecule has 0 aromatic heterocycles. The van der Waals surface area contributed by atoms with Gasteiger partial charge in [-0.2, -0.15) is 0 Å². The molecule has 0 heterocycles. The molecule has 1 aliphatic carbocycles. The Morgan fingerprint density at radius 2 is 1.60 bits per heavy atom. The van der Waals surface area contributed by atoms with Gasteiger partial charge in [-0.25, -0.2) is 0 Å². The van der Waals surface area contributed by atoms with Crippen molar-refractivity contribution in [3.05, 3.63) is 30.3 Å². The molecule has 2 atom stereocenters. The van der Waals surface area contributed by atoms with E-state index in [0.29, 0.717) is 0 Å². The quantitative estimate of drug-likeness (QED) is 0.778. The Kier molecular flexibility index (Phi) is 3.81. The molecule has 0 radical (unpaired) electrons. The van der Waals surface area contributed by atoms with Gasteiger partial charge >= 0.3 is 96.3 Å². The molecule has 1 fully saturated rings. The van der Waals surface area contributed by atoms with Crippen LogP contribution in [0.3, 0.4) is 0 Å². The van der Waals surface area contributed by atoms with Crippen LogP contribution >= 0.6 is 0 Å². The van der Waals surface area contributed by atoms with Crippen LogP contribution in [0.25, 0.3) is 0 Å². The molecule has 0 bridgehead atoms. The second kappa shape index (κ2) is 5.13. The minimum absolute atomic E-state index is 0.0775. The van der Waals surface area contributed by atoms with Gasteiger partial charge in [0.05, 0.1) is 0 Å². The van der Waals surface area contributed by atoms with Crippen LogP contribution in [0.5, 0.6) is 0 Å². The molecule has 0 amide bonds. The van der Waals surface area contributed by atoms with Crippen LogP contribution in [0.2, 0.25) is 4.82 Å². The van der Waals surface area contributed by atoms with Crippen molar-refractivity contribution < 1.29 is 10.2 Å². The van der Waals surface area contributed by atoms with Gasteiger partial charge in [-0.15, -0.1) is 0 Å². The van der Waals surface area contributed by atoms with Gasteiger partial charge in [-0.05, 0) is 0 Å². The van der Waals surface area contributed by atoms with Crippen LogP contribution in [-0.4, -0.2) is 37.4 Å². The third-order valence-electron chi connectivity index (χ3n) is 2.77. The Labute approximate surface area is 96.5 Å². The summed E-state index contributed by atoms with van der Waals surface area (Å²) in [6, 6.07) is 10.2. The van der Waals surface area contributed by atoms with E-state index in [1.165, 1.54) is 4.46 Å². The Morgan fingerprint density at radius 1 is 1.00 bits per heavy atom. The zero-order chi connectivity index (χ0) is 10.7. The number of hydrogen-bond donors (Lipinski definition) is 2. The first kappa shape index (κ1) is 11.2. The van der Waals surface area contributed by atoms with E-state index in [-0.39, 0.29) is 32.0 Å². The normalized spacial score (nSPS) is 27.9. The van der Waals surface area contributed by atoms with Crippen molar-refractivity contribution in [3.8, 4) is 0 Å². The fourth-order valence-corrected chi connectivity index (χ4v) is 4.48. The number of benzene rings is 1. The van der Waals surface area contributed by atoms with Crippen molar-refractivity contribution in [2.45, 2.75) is 36.3 Å². The topological polar surface area (TPSA) is 40.5 Å². The van der Waals surface area contributed by atoms with Crippen LogP contribution in [0.1, 0.15) is 19.3 Å². The van der Waals surface area contributed by atoms with Gasteiger partial charge < -0.3 is 0 Å². The zero-order valence-corrected chi connectivity index (χ0v) is 10.3. The van der Waals surface area contributed by atoms with Gasteiger partial charge in [0.1, 0.15) is 0 Å². The molecule has 2 nitrogen and oxygen atoms in total. The number of hydrogen-bond acceptors (Lipinski definition) is 2. The van der Waals surface area contributed by atoms with E-state index >= 15 is 0 Å². The predicted molar refractivity (Wildman–Crippen MR) is 61.4 cm³/mol. The summed E-state index contributed by atoms with van der Waals surface area (Å²) in [7, 11) is 0. The first-order chi connectivity index (χ1) is 7.27. The third-order valence-corrected chi connectivity index (χ3v) is 5.80. The van der Waals surface area contributed by atoms with Crippen molar-refractivity contribution in [2.75, 3.05) is 0 Å². The van der Waals surface area contributed by atoms with Crippen molar-refractivity contribution in [1.82, 2.24) is 0 Å². The monoisotopic (exact) mass is 272 g/mol. The molecule has 2 N–H and O–H groups in total. The molecule has 3 heteroatoms. The van der Waals surface area contributed by atoms with Gasteiger partial charge in [-0.3, -0.25) is 0 Å². The van der Waals surface area contributed by atoms with Crippen LogP contribution in [0, 0.1) is 0 Å².